The predicted octanol–water partition coefficient (Wildman–Crippen LogP) is 1.94. The van der Waals surface area contributed by atoms with Gasteiger partial charge in [0.15, 0.2) is 11.5 Å². The zero-order valence-corrected chi connectivity index (χ0v) is 9.44. The van der Waals surface area contributed by atoms with Gasteiger partial charge in [-0.1, -0.05) is 6.07 Å². The summed E-state index contributed by atoms with van der Waals surface area (Å²) in [5.74, 6) is 1.01. The molecule has 0 aliphatic rings. The number of nitrogens with zero attached hydrogens (tertiary/aromatic N) is 2. The largest absolute Gasteiger partial charge is 0.496 e. The van der Waals surface area contributed by atoms with E-state index in [2.05, 4.69) is 14.9 Å². The summed E-state index contributed by atoms with van der Waals surface area (Å²) in [5, 5.41) is 7.35. The summed E-state index contributed by atoms with van der Waals surface area (Å²) in [7, 11) is 1.62. The van der Waals surface area contributed by atoms with Crippen molar-refractivity contribution in [2.75, 3.05) is 12.8 Å². The molecule has 0 spiro atoms. The molecule has 0 fully saturated rings. The number of nitrogens with two attached hydrogens (primary N) is 1. The minimum absolute atomic E-state index is 0.267. The van der Waals surface area contributed by atoms with E-state index in [1.807, 2.05) is 26.0 Å². The third kappa shape index (κ3) is 1.60. The van der Waals surface area contributed by atoms with Gasteiger partial charge in [-0.2, -0.15) is 0 Å². The van der Waals surface area contributed by atoms with Crippen molar-refractivity contribution in [1.29, 1.82) is 0 Å². The lowest BCUT2D eigenvalue weighted by Crippen LogP contribution is -1.95. The molecule has 84 valence electrons. The molecule has 16 heavy (non-hydrogen) atoms. The second-order valence-electron chi connectivity index (χ2n) is 3.66. The Hall–Kier alpha value is -2.04. The molecule has 1 aromatic heterocycles. The molecule has 0 atom stereocenters. The van der Waals surface area contributed by atoms with Crippen LogP contribution >= 0.6 is 0 Å². The number of hydrogen-bond donors (Lipinski definition) is 1. The van der Waals surface area contributed by atoms with Crippen LogP contribution in [0.1, 0.15) is 11.1 Å². The molecule has 2 N–H and O–H groups in total. The monoisotopic (exact) mass is 219 g/mol. The van der Waals surface area contributed by atoms with E-state index in [-0.39, 0.29) is 5.82 Å². The van der Waals surface area contributed by atoms with Crippen LogP contribution in [0.5, 0.6) is 5.75 Å². The number of methoxy groups -OCH3 is 1. The first-order chi connectivity index (χ1) is 7.63. The van der Waals surface area contributed by atoms with Gasteiger partial charge in [0.1, 0.15) is 5.75 Å². The summed E-state index contributed by atoms with van der Waals surface area (Å²) >= 11 is 0. The van der Waals surface area contributed by atoms with E-state index in [9.17, 15) is 0 Å². The maximum absolute atomic E-state index is 5.67. The van der Waals surface area contributed by atoms with Gasteiger partial charge in [0.05, 0.1) is 12.7 Å². The number of aryl methyl sites for hydroxylation is 2. The SMILES string of the molecule is COc1c(C)cc(C)cc1-c1nonc1N. The minimum atomic E-state index is 0.267. The molecule has 5 heteroatoms. The standard InChI is InChI=1S/C11H13N3O2/c1-6-4-7(2)10(15-3)8(5-6)9-11(12)14-16-13-9/h4-5H,1-3H3,(H2,12,14). The van der Waals surface area contributed by atoms with Gasteiger partial charge in [0, 0.05) is 0 Å². The number of ether oxygens (including phenoxy) is 1. The third-order valence-corrected chi connectivity index (χ3v) is 2.39. The molecule has 0 aliphatic carbocycles. The summed E-state index contributed by atoms with van der Waals surface area (Å²) in [6.07, 6.45) is 0. The normalized spacial score (nSPS) is 10.4. The summed E-state index contributed by atoms with van der Waals surface area (Å²) in [5.41, 5.74) is 9.13. The van der Waals surface area contributed by atoms with E-state index in [1.165, 1.54) is 0 Å². The van der Waals surface area contributed by atoms with Crippen LogP contribution in [0.3, 0.4) is 0 Å². The average molecular weight is 219 g/mol. The molecule has 0 amide bonds. The van der Waals surface area contributed by atoms with E-state index in [1.54, 1.807) is 7.11 Å². The zero-order valence-electron chi connectivity index (χ0n) is 9.44. The Kier molecular flexibility index (Phi) is 2.52. The number of anilines is 1. The van der Waals surface area contributed by atoms with Gasteiger partial charge in [-0.25, -0.2) is 4.63 Å². The van der Waals surface area contributed by atoms with Crippen LogP contribution in [-0.2, 0) is 0 Å². The summed E-state index contributed by atoms with van der Waals surface area (Å²) in [6, 6.07) is 3.98. The molecule has 0 saturated heterocycles. The van der Waals surface area contributed by atoms with Crippen molar-refractivity contribution in [2.24, 2.45) is 0 Å². The maximum atomic E-state index is 5.67. The lowest BCUT2D eigenvalue weighted by molar-refractivity contribution is 0.310. The van der Waals surface area contributed by atoms with Crippen LogP contribution in [0, 0.1) is 13.8 Å². The number of benzene rings is 1. The highest BCUT2D eigenvalue weighted by molar-refractivity contribution is 5.76. The molecular formula is C11H13N3O2. The van der Waals surface area contributed by atoms with Crippen molar-refractivity contribution in [2.45, 2.75) is 13.8 Å². The lowest BCUT2D eigenvalue weighted by atomic mass is 10.0. The molecule has 1 heterocycles. The predicted molar refractivity (Wildman–Crippen MR) is 60.2 cm³/mol. The molecule has 0 radical (unpaired) electrons. The molecule has 0 aliphatic heterocycles. The highest BCUT2D eigenvalue weighted by Gasteiger charge is 2.16. The average Bonchev–Trinajstić information content (AvgIpc) is 2.63. The van der Waals surface area contributed by atoms with E-state index >= 15 is 0 Å². The van der Waals surface area contributed by atoms with E-state index in [4.69, 9.17) is 10.5 Å². The van der Waals surface area contributed by atoms with Crippen LogP contribution in [0.2, 0.25) is 0 Å². The van der Waals surface area contributed by atoms with Gasteiger partial charge in [0.25, 0.3) is 0 Å². The fraction of sp³-hybridized carbons (Fsp3) is 0.273. The van der Waals surface area contributed by atoms with Crippen molar-refractivity contribution in [3.05, 3.63) is 23.3 Å². The Balaban J connectivity index is 2.68. The Labute approximate surface area is 93.2 Å². The Morgan fingerprint density at radius 3 is 2.56 bits per heavy atom. The van der Waals surface area contributed by atoms with Crippen LogP contribution in [0.15, 0.2) is 16.8 Å². The fourth-order valence-electron chi connectivity index (χ4n) is 1.78. The van der Waals surface area contributed by atoms with Crippen molar-refractivity contribution in [3.63, 3.8) is 0 Å². The molecule has 0 unspecified atom stereocenters. The lowest BCUT2D eigenvalue weighted by Gasteiger charge is -2.10. The van der Waals surface area contributed by atoms with Crippen LogP contribution in [0.25, 0.3) is 11.3 Å². The molecule has 0 bridgehead atoms. The third-order valence-electron chi connectivity index (χ3n) is 2.39. The second-order valence-corrected chi connectivity index (χ2v) is 3.66. The van der Waals surface area contributed by atoms with Crippen molar-refractivity contribution in [3.8, 4) is 17.0 Å². The van der Waals surface area contributed by atoms with Gasteiger partial charge < -0.3 is 10.5 Å². The highest BCUT2D eigenvalue weighted by Crippen LogP contribution is 2.35. The van der Waals surface area contributed by atoms with Gasteiger partial charge >= 0.3 is 0 Å². The quantitative estimate of drug-likeness (QED) is 0.835. The first-order valence-corrected chi connectivity index (χ1v) is 4.87. The fourth-order valence-corrected chi connectivity index (χ4v) is 1.78. The van der Waals surface area contributed by atoms with E-state index < -0.39 is 0 Å². The first kappa shape index (κ1) is 10.5. The molecule has 2 aromatic rings. The first-order valence-electron chi connectivity index (χ1n) is 4.87. The summed E-state index contributed by atoms with van der Waals surface area (Å²) < 4.78 is 9.94. The number of aromatic nitrogens is 2. The molecule has 1 aromatic carbocycles. The topological polar surface area (TPSA) is 74.2 Å². The minimum Gasteiger partial charge on any atom is -0.496 e. The molecule has 0 saturated carbocycles. The van der Waals surface area contributed by atoms with Gasteiger partial charge in [0.2, 0.25) is 0 Å². The number of nitrogen functional groups attached to an aromatic ring is 1. The van der Waals surface area contributed by atoms with Crippen LogP contribution in [0.4, 0.5) is 5.82 Å². The molecule has 5 nitrogen and oxygen atoms in total. The Bertz CT molecular complexity index is 520. The Morgan fingerprint density at radius 1 is 1.25 bits per heavy atom. The molecular weight excluding hydrogens is 206 g/mol. The van der Waals surface area contributed by atoms with Crippen molar-refractivity contribution >= 4 is 5.82 Å². The Morgan fingerprint density at radius 2 is 2.00 bits per heavy atom. The van der Waals surface area contributed by atoms with Crippen LogP contribution < -0.4 is 10.5 Å². The summed E-state index contributed by atoms with van der Waals surface area (Å²) in [4.78, 5) is 0. The van der Waals surface area contributed by atoms with E-state index in [0.29, 0.717) is 5.69 Å². The highest BCUT2D eigenvalue weighted by atomic mass is 16.6. The summed E-state index contributed by atoms with van der Waals surface area (Å²) in [6.45, 7) is 3.97. The van der Waals surface area contributed by atoms with Crippen molar-refractivity contribution < 1.29 is 9.37 Å². The van der Waals surface area contributed by atoms with Gasteiger partial charge in [-0.15, -0.1) is 0 Å². The number of rotatable bonds is 2. The van der Waals surface area contributed by atoms with E-state index in [0.717, 1.165) is 22.4 Å². The number of hydrogen-bond acceptors (Lipinski definition) is 5. The van der Waals surface area contributed by atoms with Crippen molar-refractivity contribution in [1.82, 2.24) is 10.3 Å². The van der Waals surface area contributed by atoms with Gasteiger partial charge in [-0.05, 0) is 41.4 Å². The zero-order chi connectivity index (χ0) is 11.7. The molecule has 2 rings (SSSR count). The maximum Gasteiger partial charge on any atom is 0.196 e. The van der Waals surface area contributed by atoms with Crippen LogP contribution in [-0.4, -0.2) is 17.4 Å². The van der Waals surface area contributed by atoms with Gasteiger partial charge in [-0.3, -0.25) is 0 Å². The second kappa shape index (κ2) is 3.84. The smallest absolute Gasteiger partial charge is 0.196 e.